The number of carboxylic acid groups (broad SMARTS) is 1. The van der Waals surface area contributed by atoms with Gasteiger partial charge in [0.15, 0.2) is 0 Å². The lowest BCUT2D eigenvalue weighted by molar-refractivity contribution is -0.149. The Morgan fingerprint density at radius 1 is 1.06 bits per heavy atom. The van der Waals surface area contributed by atoms with E-state index in [-0.39, 0.29) is 31.0 Å². The van der Waals surface area contributed by atoms with Gasteiger partial charge in [0.1, 0.15) is 12.6 Å². The molecule has 0 radical (unpaired) electrons. The van der Waals surface area contributed by atoms with Crippen molar-refractivity contribution in [1.82, 2.24) is 15.1 Å². The van der Waals surface area contributed by atoms with Crippen LogP contribution < -0.4 is 5.32 Å². The number of fused-ring (bicyclic) bond motifs is 3. The van der Waals surface area contributed by atoms with Gasteiger partial charge in [0, 0.05) is 32.1 Å². The SMILES string of the molecule is CCC(C(=O)O)N(C)C(=O)CN1CCC(NC(=O)OCC2c3ccccc3-c3ccccc32)CC1. The van der Waals surface area contributed by atoms with Gasteiger partial charge in [0.05, 0.1) is 6.54 Å². The zero-order valence-electron chi connectivity index (χ0n) is 20.3. The number of ether oxygens (including phenoxy) is 1. The first-order valence-corrected chi connectivity index (χ1v) is 12.2. The second-order valence-electron chi connectivity index (χ2n) is 9.29. The van der Waals surface area contributed by atoms with Crippen LogP contribution >= 0.6 is 0 Å². The highest BCUT2D eigenvalue weighted by molar-refractivity contribution is 5.84. The minimum Gasteiger partial charge on any atom is -0.480 e. The molecule has 2 aliphatic rings. The molecule has 2 aromatic rings. The van der Waals surface area contributed by atoms with E-state index < -0.39 is 18.1 Å². The number of carboxylic acids is 1. The number of nitrogens with one attached hydrogen (secondary N) is 1. The number of benzene rings is 2. The number of nitrogens with zero attached hydrogens (tertiary/aromatic N) is 2. The maximum absolute atomic E-state index is 12.5. The molecule has 8 heteroatoms. The molecular formula is C27H33N3O5. The monoisotopic (exact) mass is 479 g/mol. The van der Waals surface area contributed by atoms with E-state index in [0.717, 1.165) is 0 Å². The minimum atomic E-state index is -0.991. The van der Waals surface area contributed by atoms with Crippen molar-refractivity contribution in [3.05, 3.63) is 59.7 Å². The number of likely N-dealkylation sites (N-methyl/N-ethyl adjacent to an activating group) is 1. The fourth-order valence-electron chi connectivity index (χ4n) is 5.13. The fourth-order valence-corrected chi connectivity index (χ4v) is 5.13. The Bertz CT molecular complexity index is 1030. The summed E-state index contributed by atoms with van der Waals surface area (Å²) in [6, 6.07) is 15.6. The summed E-state index contributed by atoms with van der Waals surface area (Å²) in [5.41, 5.74) is 4.74. The molecule has 0 spiro atoms. The van der Waals surface area contributed by atoms with Gasteiger partial charge in [-0.2, -0.15) is 0 Å². The van der Waals surface area contributed by atoms with E-state index >= 15 is 0 Å². The summed E-state index contributed by atoms with van der Waals surface area (Å²) in [5.74, 6) is -1.17. The molecule has 8 nitrogen and oxygen atoms in total. The second kappa shape index (κ2) is 10.9. The van der Waals surface area contributed by atoms with Gasteiger partial charge in [0.2, 0.25) is 5.91 Å². The molecule has 0 aromatic heterocycles. The van der Waals surface area contributed by atoms with Crippen LogP contribution in [0.15, 0.2) is 48.5 Å². The summed E-state index contributed by atoms with van der Waals surface area (Å²) in [7, 11) is 1.54. The smallest absolute Gasteiger partial charge is 0.407 e. The Morgan fingerprint density at radius 2 is 1.63 bits per heavy atom. The Balaban J connectivity index is 1.24. The van der Waals surface area contributed by atoms with Crippen LogP contribution in [0.2, 0.25) is 0 Å². The number of piperidine rings is 1. The zero-order chi connectivity index (χ0) is 24.9. The molecule has 0 saturated carbocycles. The van der Waals surface area contributed by atoms with Crippen molar-refractivity contribution in [3.8, 4) is 11.1 Å². The molecule has 2 amide bonds. The van der Waals surface area contributed by atoms with E-state index in [1.54, 1.807) is 6.92 Å². The van der Waals surface area contributed by atoms with Crippen LogP contribution in [0.1, 0.15) is 43.2 Å². The van der Waals surface area contributed by atoms with Crippen LogP contribution in [0.25, 0.3) is 11.1 Å². The molecule has 4 rings (SSSR count). The predicted molar refractivity (Wildman–Crippen MR) is 132 cm³/mol. The summed E-state index contributed by atoms with van der Waals surface area (Å²) in [5, 5.41) is 12.2. The quantitative estimate of drug-likeness (QED) is 0.603. The van der Waals surface area contributed by atoms with Gasteiger partial charge in [-0.25, -0.2) is 9.59 Å². The van der Waals surface area contributed by atoms with E-state index in [4.69, 9.17) is 4.74 Å². The standard InChI is InChI=1S/C27H33N3O5/c1-3-24(26(32)33)29(2)25(31)16-30-14-12-18(13-15-30)28-27(34)35-17-23-21-10-6-4-8-19(21)20-9-5-7-11-22(20)23/h4-11,18,23-24H,3,12-17H2,1-2H3,(H,28,34)(H,32,33). The highest BCUT2D eigenvalue weighted by Crippen LogP contribution is 2.44. The number of alkyl carbamates (subject to hydrolysis) is 1. The molecule has 2 aromatic carbocycles. The van der Waals surface area contributed by atoms with Crippen molar-refractivity contribution in [3.63, 3.8) is 0 Å². The minimum absolute atomic E-state index is 0.0165. The molecular weight excluding hydrogens is 446 g/mol. The summed E-state index contributed by atoms with van der Waals surface area (Å²) in [6.45, 7) is 3.51. The largest absolute Gasteiger partial charge is 0.480 e. The lowest BCUT2D eigenvalue weighted by Gasteiger charge is -2.33. The first kappa shape index (κ1) is 24.7. The molecule has 186 valence electrons. The zero-order valence-corrected chi connectivity index (χ0v) is 20.3. The van der Waals surface area contributed by atoms with Crippen molar-refractivity contribution in [2.24, 2.45) is 0 Å². The number of aliphatic carboxylic acids is 1. The third kappa shape index (κ3) is 5.48. The molecule has 1 atom stereocenters. The van der Waals surface area contributed by atoms with Crippen molar-refractivity contribution in [1.29, 1.82) is 0 Å². The van der Waals surface area contributed by atoms with E-state index in [1.807, 2.05) is 29.2 Å². The normalized spacial score (nSPS) is 16.7. The van der Waals surface area contributed by atoms with Gasteiger partial charge in [-0.05, 0) is 41.5 Å². The highest BCUT2D eigenvalue weighted by atomic mass is 16.5. The van der Waals surface area contributed by atoms with Gasteiger partial charge in [-0.15, -0.1) is 0 Å². The third-order valence-electron chi connectivity index (χ3n) is 7.14. The van der Waals surface area contributed by atoms with Crippen LogP contribution in [0.5, 0.6) is 0 Å². The van der Waals surface area contributed by atoms with Crippen molar-refractivity contribution in [2.75, 3.05) is 33.3 Å². The molecule has 1 saturated heterocycles. The number of rotatable bonds is 8. The van der Waals surface area contributed by atoms with Crippen LogP contribution in [0, 0.1) is 0 Å². The first-order valence-electron chi connectivity index (χ1n) is 12.2. The predicted octanol–water partition coefficient (Wildman–Crippen LogP) is 3.31. The van der Waals surface area contributed by atoms with Crippen LogP contribution in [0.4, 0.5) is 4.79 Å². The molecule has 35 heavy (non-hydrogen) atoms. The van der Waals surface area contributed by atoms with Gasteiger partial charge >= 0.3 is 12.1 Å². The molecule has 1 heterocycles. The first-order chi connectivity index (χ1) is 16.9. The number of likely N-dealkylation sites (tertiary alicyclic amines) is 1. The van der Waals surface area contributed by atoms with Gasteiger partial charge < -0.3 is 20.1 Å². The van der Waals surface area contributed by atoms with Crippen molar-refractivity contribution < 1.29 is 24.2 Å². The van der Waals surface area contributed by atoms with E-state index in [1.165, 1.54) is 34.2 Å². The van der Waals surface area contributed by atoms with Crippen LogP contribution in [-0.2, 0) is 14.3 Å². The van der Waals surface area contributed by atoms with Crippen LogP contribution in [-0.4, -0.2) is 78.2 Å². The number of carbonyl (C=O) groups is 3. The number of amides is 2. The highest BCUT2D eigenvalue weighted by Gasteiger charge is 2.30. The molecule has 1 unspecified atom stereocenters. The fraction of sp³-hybridized carbons (Fsp3) is 0.444. The summed E-state index contributed by atoms with van der Waals surface area (Å²) in [6.07, 6.45) is 1.35. The Labute approximate surface area is 205 Å². The number of hydrogen-bond donors (Lipinski definition) is 2. The average molecular weight is 480 g/mol. The molecule has 1 aliphatic heterocycles. The number of hydrogen-bond acceptors (Lipinski definition) is 5. The molecule has 1 aliphatic carbocycles. The topological polar surface area (TPSA) is 99.2 Å². The van der Waals surface area contributed by atoms with Gasteiger partial charge in [-0.1, -0.05) is 55.5 Å². The molecule has 1 fully saturated rings. The van der Waals surface area contributed by atoms with Crippen molar-refractivity contribution in [2.45, 2.75) is 44.2 Å². The van der Waals surface area contributed by atoms with Gasteiger partial charge in [0.25, 0.3) is 0 Å². The van der Waals surface area contributed by atoms with Crippen LogP contribution in [0.3, 0.4) is 0 Å². The lowest BCUT2D eigenvalue weighted by atomic mass is 9.98. The maximum atomic E-state index is 12.5. The molecule has 2 N–H and O–H groups in total. The number of carbonyl (C=O) groups excluding carboxylic acids is 2. The average Bonchev–Trinajstić information content (AvgIpc) is 3.18. The Kier molecular flexibility index (Phi) is 7.70. The summed E-state index contributed by atoms with van der Waals surface area (Å²) >= 11 is 0. The summed E-state index contributed by atoms with van der Waals surface area (Å²) < 4.78 is 5.65. The lowest BCUT2D eigenvalue weighted by Crippen LogP contribution is -2.50. The summed E-state index contributed by atoms with van der Waals surface area (Å²) in [4.78, 5) is 39.7. The van der Waals surface area contributed by atoms with Crippen molar-refractivity contribution >= 4 is 18.0 Å². The molecule has 0 bridgehead atoms. The second-order valence-corrected chi connectivity index (χ2v) is 9.29. The van der Waals surface area contributed by atoms with E-state index in [2.05, 4.69) is 29.6 Å². The van der Waals surface area contributed by atoms with E-state index in [0.29, 0.717) is 32.4 Å². The maximum Gasteiger partial charge on any atom is 0.407 e. The van der Waals surface area contributed by atoms with E-state index in [9.17, 15) is 19.5 Å². The Hall–Kier alpha value is -3.39. The third-order valence-corrected chi connectivity index (χ3v) is 7.14. The Morgan fingerprint density at radius 3 is 2.17 bits per heavy atom. The van der Waals surface area contributed by atoms with Gasteiger partial charge in [-0.3, -0.25) is 9.69 Å².